The van der Waals surface area contributed by atoms with Gasteiger partial charge in [-0.15, -0.1) is 0 Å². The highest BCUT2D eigenvalue weighted by atomic mass is 19.1. The second-order valence-corrected chi connectivity index (χ2v) is 10.4. The van der Waals surface area contributed by atoms with Gasteiger partial charge in [-0.25, -0.2) is 19.3 Å². The molecule has 0 bridgehead atoms. The van der Waals surface area contributed by atoms with E-state index in [1.807, 2.05) is 35.2 Å². The van der Waals surface area contributed by atoms with Crippen molar-refractivity contribution in [2.24, 2.45) is 5.73 Å². The van der Waals surface area contributed by atoms with Crippen LogP contribution >= 0.6 is 0 Å². The Hall–Kier alpha value is -3.89. The number of hydrogen-bond donors (Lipinski definition) is 2. The standard InChI is InChI=1S/C30H36FN7O2/c1-40-14-4-13-38-26-7-2-6-25(31)28(26)36-29(38)22-5-3-12-37(19-22)27(39)16-24(32)15-20-8-10-21(11-9-20)23-17-34-30(33)35-18-23/h2,6-11,17-18,22,24H,3-5,12-16,19,32H2,1H3,(H2,33,34,35)/t22-,24-/m1/s1. The molecule has 0 unspecified atom stereocenters. The van der Waals surface area contributed by atoms with Gasteiger partial charge in [0.25, 0.3) is 0 Å². The molecule has 0 saturated carbocycles. The van der Waals surface area contributed by atoms with Crippen LogP contribution in [0, 0.1) is 5.82 Å². The van der Waals surface area contributed by atoms with E-state index >= 15 is 0 Å². The number of ether oxygens (including phenoxy) is 1. The zero-order chi connectivity index (χ0) is 28.1. The second kappa shape index (κ2) is 12.5. The van der Waals surface area contributed by atoms with Crippen molar-refractivity contribution in [3.05, 3.63) is 72.1 Å². The molecule has 0 spiro atoms. The summed E-state index contributed by atoms with van der Waals surface area (Å²) in [4.78, 5) is 28.0. The van der Waals surface area contributed by atoms with Crippen LogP contribution in [0.2, 0.25) is 0 Å². The molecule has 2 aromatic carbocycles. The first-order valence-electron chi connectivity index (χ1n) is 13.8. The SMILES string of the molecule is COCCCn1c([C@@H]2CCCN(C(=O)C[C@H](N)Cc3ccc(-c4cnc(N)nc4)cc3)C2)nc2c(F)cccc21. The maximum absolute atomic E-state index is 14.6. The molecule has 0 aliphatic carbocycles. The lowest BCUT2D eigenvalue weighted by Crippen LogP contribution is -2.42. The summed E-state index contributed by atoms with van der Waals surface area (Å²) in [5.41, 5.74) is 16.1. The average Bonchev–Trinajstić information content (AvgIpc) is 3.34. The summed E-state index contributed by atoms with van der Waals surface area (Å²) in [7, 11) is 1.67. The summed E-state index contributed by atoms with van der Waals surface area (Å²) in [6.45, 7) is 2.54. The molecule has 1 fully saturated rings. The fraction of sp³-hybridized carbons (Fsp3) is 0.400. The average molecular weight is 546 g/mol. The highest BCUT2D eigenvalue weighted by Gasteiger charge is 2.29. The van der Waals surface area contributed by atoms with Crippen molar-refractivity contribution in [2.45, 2.75) is 50.6 Å². The van der Waals surface area contributed by atoms with E-state index in [4.69, 9.17) is 21.2 Å². The molecule has 0 radical (unpaired) electrons. The van der Waals surface area contributed by atoms with Crippen molar-refractivity contribution in [3.8, 4) is 11.1 Å². The molecule has 1 aliphatic heterocycles. The van der Waals surface area contributed by atoms with E-state index in [1.54, 1.807) is 25.6 Å². The minimum Gasteiger partial charge on any atom is -0.385 e. The van der Waals surface area contributed by atoms with Gasteiger partial charge in [0.1, 0.15) is 11.3 Å². The summed E-state index contributed by atoms with van der Waals surface area (Å²) in [6, 6.07) is 12.8. The quantitative estimate of drug-likeness (QED) is 0.289. The number of carbonyl (C=O) groups is 1. The molecule has 9 nitrogen and oxygen atoms in total. The summed E-state index contributed by atoms with van der Waals surface area (Å²) in [5, 5.41) is 0. The van der Waals surface area contributed by atoms with Crippen LogP contribution in [0.3, 0.4) is 0 Å². The van der Waals surface area contributed by atoms with Crippen molar-refractivity contribution in [1.82, 2.24) is 24.4 Å². The second-order valence-electron chi connectivity index (χ2n) is 10.4. The lowest BCUT2D eigenvalue weighted by molar-refractivity contribution is -0.132. The number of likely N-dealkylation sites (tertiary alicyclic amines) is 1. The molecule has 1 saturated heterocycles. The third-order valence-electron chi connectivity index (χ3n) is 7.52. The molecule has 1 amide bonds. The van der Waals surface area contributed by atoms with Crippen molar-refractivity contribution in [3.63, 3.8) is 0 Å². The predicted octanol–water partition coefficient (Wildman–Crippen LogP) is 3.92. The molecule has 210 valence electrons. The van der Waals surface area contributed by atoms with E-state index in [9.17, 15) is 9.18 Å². The van der Waals surface area contributed by atoms with Gasteiger partial charge in [-0.2, -0.15) is 0 Å². The van der Waals surface area contributed by atoms with Gasteiger partial charge in [0, 0.05) is 69.7 Å². The maximum atomic E-state index is 14.6. The Morgan fingerprint density at radius 2 is 1.93 bits per heavy atom. The molecule has 3 heterocycles. The number of fused-ring (bicyclic) bond motifs is 1. The van der Waals surface area contributed by atoms with Gasteiger partial charge in [-0.1, -0.05) is 30.3 Å². The monoisotopic (exact) mass is 545 g/mol. The van der Waals surface area contributed by atoms with Crippen LogP contribution in [0.1, 0.15) is 43.0 Å². The Morgan fingerprint density at radius 1 is 1.15 bits per heavy atom. The fourth-order valence-corrected chi connectivity index (χ4v) is 5.51. The predicted molar refractivity (Wildman–Crippen MR) is 153 cm³/mol. The number of rotatable bonds is 10. The number of nitrogens with two attached hydrogens (primary N) is 2. The number of methoxy groups -OCH3 is 1. The normalized spacial score (nSPS) is 16.4. The van der Waals surface area contributed by atoms with Gasteiger partial charge in [0.05, 0.1) is 5.52 Å². The Labute approximate surface area is 233 Å². The lowest BCUT2D eigenvalue weighted by Gasteiger charge is -2.33. The molecule has 4 aromatic rings. The number of benzene rings is 2. The number of amides is 1. The molecule has 1 aliphatic rings. The van der Waals surface area contributed by atoms with Crippen molar-refractivity contribution in [1.29, 1.82) is 0 Å². The van der Waals surface area contributed by atoms with E-state index in [-0.39, 0.29) is 36.1 Å². The van der Waals surface area contributed by atoms with Crippen LogP contribution in [-0.2, 0) is 22.5 Å². The zero-order valence-electron chi connectivity index (χ0n) is 22.8. The molecule has 2 aromatic heterocycles. The van der Waals surface area contributed by atoms with Gasteiger partial charge in [0.2, 0.25) is 11.9 Å². The molecule has 10 heteroatoms. The van der Waals surface area contributed by atoms with Crippen LogP contribution in [0.25, 0.3) is 22.2 Å². The number of nitrogen functional groups attached to an aromatic ring is 1. The minimum atomic E-state index is -0.325. The highest BCUT2D eigenvalue weighted by Crippen LogP contribution is 2.31. The molecule has 40 heavy (non-hydrogen) atoms. The molecule has 2 atom stereocenters. The van der Waals surface area contributed by atoms with E-state index in [0.29, 0.717) is 38.2 Å². The van der Waals surface area contributed by atoms with E-state index in [0.717, 1.165) is 47.3 Å². The first-order valence-corrected chi connectivity index (χ1v) is 13.8. The van der Waals surface area contributed by atoms with Crippen molar-refractivity contribution < 1.29 is 13.9 Å². The summed E-state index contributed by atoms with van der Waals surface area (Å²) < 4.78 is 21.9. The Kier molecular flexibility index (Phi) is 8.66. The van der Waals surface area contributed by atoms with E-state index in [1.165, 1.54) is 6.07 Å². The topological polar surface area (TPSA) is 125 Å². The highest BCUT2D eigenvalue weighted by molar-refractivity contribution is 5.78. The molecular formula is C30H36FN7O2. The summed E-state index contributed by atoms with van der Waals surface area (Å²) >= 11 is 0. The number of carbonyl (C=O) groups excluding carboxylic acids is 1. The van der Waals surface area contributed by atoms with Crippen LogP contribution in [0.5, 0.6) is 0 Å². The smallest absolute Gasteiger partial charge is 0.224 e. The number of anilines is 1. The number of piperidine rings is 1. The third kappa shape index (κ3) is 6.29. The Morgan fingerprint density at radius 3 is 2.67 bits per heavy atom. The molecular weight excluding hydrogens is 509 g/mol. The number of aryl methyl sites for hydroxylation is 1. The summed E-state index contributed by atoms with van der Waals surface area (Å²) in [5.74, 6) is 0.832. The largest absolute Gasteiger partial charge is 0.385 e. The molecule has 5 rings (SSSR count). The maximum Gasteiger partial charge on any atom is 0.224 e. The van der Waals surface area contributed by atoms with Crippen molar-refractivity contribution >= 4 is 22.9 Å². The minimum absolute atomic E-state index is 0.0353. The first kappa shape index (κ1) is 27.7. The van der Waals surface area contributed by atoms with Crippen molar-refractivity contribution in [2.75, 3.05) is 32.5 Å². The van der Waals surface area contributed by atoms with Gasteiger partial charge < -0.3 is 25.7 Å². The number of nitrogens with zero attached hydrogens (tertiary/aromatic N) is 5. The van der Waals surface area contributed by atoms with Crippen LogP contribution in [0.15, 0.2) is 54.9 Å². The number of halogens is 1. The lowest BCUT2D eigenvalue weighted by atomic mass is 9.95. The van der Waals surface area contributed by atoms with Gasteiger partial charge in [0.15, 0.2) is 5.82 Å². The Balaban J connectivity index is 1.22. The first-order chi connectivity index (χ1) is 19.4. The van der Waals surface area contributed by atoms with E-state index in [2.05, 4.69) is 14.5 Å². The van der Waals surface area contributed by atoms with Gasteiger partial charge in [-0.05, 0) is 48.9 Å². The van der Waals surface area contributed by atoms with Crippen LogP contribution in [-0.4, -0.2) is 63.2 Å². The third-order valence-corrected chi connectivity index (χ3v) is 7.52. The number of aromatic nitrogens is 4. The zero-order valence-corrected chi connectivity index (χ0v) is 22.8. The van der Waals surface area contributed by atoms with Gasteiger partial charge in [-0.3, -0.25) is 4.79 Å². The van der Waals surface area contributed by atoms with E-state index < -0.39 is 0 Å². The van der Waals surface area contributed by atoms with Crippen LogP contribution in [0.4, 0.5) is 10.3 Å². The summed E-state index contributed by atoms with van der Waals surface area (Å²) in [6.07, 6.45) is 6.80. The number of imidazole rings is 1. The Bertz CT molecular complexity index is 1440. The fourth-order valence-electron chi connectivity index (χ4n) is 5.51. The van der Waals surface area contributed by atoms with Crippen LogP contribution < -0.4 is 11.5 Å². The number of para-hydroxylation sites is 1. The van der Waals surface area contributed by atoms with Gasteiger partial charge >= 0.3 is 0 Å². The molecule has 4 N–H and O–H groups in total. The number of hydrogen-bond acceptors (Lipinski definition) is 7.